The molecule has 4 rings (SSSR count). The number of amides is 1. The smallest absolute Gasteiger partial charge is 0.229 e. The molecule has 0 saturated heterocycles. The summed E-state index contributed by atoms with van der Waals surface area (Å²) in [6.07, 6.45) is 0.194. The van der Waals surface area contributed by atoms with Gasteiger partial charge in [-0.1, -0.05) is 61.0 Å². The molecule has 0 bridgehead atoms. The van der Waals surface area contributed by atoms with E-state index < -0.39 is 9.84 Å². The molecule has 196 valence electrons. The fraction of sp³-hybridized carbons (Fsp3) is 0.172. The molecule has 0 aliphatic rings. The molecule has 38 heavy (non-hydrogen) atoms. The van der Waals surface area contributed by atoms with Crippen molar-refractivity contribution < 1.29 is 22.7 Å². The highest BCUT2D eigenvalue weighted by molar-refractivity contribution is 7.91. The number of Topliss-reactive ketones (excluding diaryl/α,β-unsaturated/α-hetero) is 1. The summed E-state index contributed by atoms with van der Waals surface area (Å²) in [6, 6.07) is 22.6. The monoisotopic (exact) mass is 567 g/mol. The van der Waals surface area contributed by atoms with Crippen molar-refractivity contribution in [2.24, 2.45) is 0 Å². The molecular formula is C29H26ClNO5S2. The average molecular weight is 568 g/mol. The average Bonchev–Trinajstić information content (AvgIpc) is 3.33. The molecule has 0 unspecified atom stereocenters. The molecule has 0 atom stereocenters. The van der Waals surface area contributed by atoms with E-state index in [0.29, 0.717) is 31.8 Å². The van der Waals surface area contributed by atoms with Crippen LogP contribution in [0.2, 0.25) is 5.02 Å². The third-order valence-electron chi connectivity index (χ3n) is 5.95. The Bertz CT molecular complexity index is 1580. The summed E-state index contributed by atoms with van der Waals surface area (Å²) in [5.41, 5.74) is 2.90. The van der Waals surface area contributed by atoms with E-state index in [4.69, 9.17) is 16.3 Å². The van der Waals surface area contributed by atoms with Crippen LogP contribution >= 0.6 is 22.9 Å². The maximum Gasteiger partial charge on any atom is 0.229 e. The van der Waals surface area contributed by atoms with Gasteiger partial charge in [0.25, 0.3) is 0 Å². The fourth-order valence-corrected chi connectivity index (χ4v) is 6.09. The summed E-state index contributed by atoms with van der Waals surface area (Å²) in [4.78, 5) is 27.0. The zero-order valence-electron chi connectivity index (χ0n) is 20.9. The van der Waals surface area contributed by atoms with E-state index in [2.05, 4.69) is 5.32 Å². The molecule has 0 aliphatic heterocycles. The van der Waals surface area contributed by atoms with E-state index >= 15 is 0 Å². The van der Waals surface area contributed by atoms with Gasteiger partial charge in [-0.2, -0.15) is 0 Å². The minimum atomic E-state index is -3.31. The number of halogens is 1. The van der Waals surface area contributed by atoms with Crippen LogP contribution in [0.25, 0.3) is 11.1 Å². The van der Waals surface area contributed by atoms with Gasteiger partial charge in [0, 0.05) is 22.6 Å². The third-order valence-corrected chi connectivity index (χ3v) is 9.03. The summed E-state index contributed by atoms with van der Waals surface area (Å²) in [6.45, 7) is 1.59. The van der Waals surface area contributed by atoms with E-state index in [1.807, 2.05) is 36.4 Å². The standard InChI is InChI=1S/C29H26ClNO5S2/c1-3-38(34,35)23-13-11-19(12-14-23)15-27(33)31-28-18-24(20-8-6-9-22(30)16-20)29(37-28)25(32)17-21-7-4-5-10-26(21)36-2/h4-14,16,18H,3,15,17H2,1-2H3,(H,31,33). The molecule has 0 spiro atoms. The zero-order valence-corrected chi connectivity index (χ0v) is 23.3. The molecule has 0 aliphatic carbocycles. The van der Waals surface area contributed by atoms with Crippen LogP contribution in [0.5, 0.6) is 5.75 Å². The lowest BCUT2D eigenvalue weighted by molar-refractivity contribution is -0.115. The number of rotatable bonds is 10. The first-order chi connectivity index (χ1) is 18.2. The lowest BCUT2D eigenvalue weighted by Crippen LogP contribution is -2.13. The Morgan fingerprint density at radius 1 is 0.947 bits per heavy atom. The number of ether oxygens (including phenoxy) is 1. The largest absolute Gasteiger partial charge is 0.496 e. The fourth-order valence-electron chi connectivity index (χ4n) is 3.98. The van der Waals surface area contributed by atoms with Crippen LogP contribution in [0.4, 0.5) is 5.00 Å². The Hall–Kier alpha value is -3.46. The van der Waals surface area contributed by atoms with Gasteiger partial charge in [0.2, 0.25) is 5.91 Å². The highest BCUT2D eigenvalue weighted by Crippen LogP contribution is 2.37. The van der Waals surface area contributed by atoms with Crippen molar-refractivity contribution in [1.29, 1.82) is 0 Å². The highest BCUT2D eigenvalue weighted by atomic mass is 35.5. The molecule has 9 heteroatoms. The Morgan fingerprint density at radius 3 is 2.37 bits per heavy atom. The van der Waals surface area contributed by atoms with Gasteiger partial charge in [0.05, 0.1) is 34.1 Å². The van der Waals surface area contributed by atoms with Gasteiger partial charge in [-0.15, -0.1) is 11.3 Å². The van der Waals surface area contributed by atoms with Crippen LogP contribution in [0, 0.1) is 0 Å². The minimum Gasteiger partial charge on any atom is -0.496 e. The second-order valence-corrected chi connectivity index (χ2v) is 12.3. The van der Waals surface area contributed by atoms with Gasteiger partial charge < -0.3 is 10.1 Å². The molecule has 0 fully saturated rings. The van der Waals surface area contributed by atoms with Gasteiger partial charge in [-0.3, -0.25) is 9.59 Å². The Labute approximate surface area is 231 Å². The van der Waals surface area contributed by atoms with E-state index in [1.54, 1.807) is 44.4 Å². The number of benzene rings is 3. The number of thiophene rings is 1. The number of methoxy groups -OCH3 is 1. The van der Waals surface area contributed by atoms with Crippen molar-refractivity contribution in [3.63, 3.8) is 0 Å². The van der Waals surface area contributed by atoms with Crippen LogP contribution in [0.15, 0.2) is 83.8 Å². The molecule has 4 aromatic rings. The van der Waals surface area contributed by atoms with Gasteiger partial charge in [-0.05, 0) is 47.5 Å². The van der Waals surface area contributed by atoms with E-state index in [9.17, 15) is 18.0 Å². The third kappa shape index (κ3) is 6.51. The molecule has 0 saturated carbocycles. The van der Waals surface area contributed by atoms with Gasteiger partial charge in [-0.25, -0.2) is 8.42 Å². The van der Waals surface area contributed by atoms with Gasteiger partial charge in [0.15, 0.2) is 15.6 Å². The van der Waals surface area contributed by atoms with E-state index in [1.165, 1.54) is 23.5 Å². The Balaban J connectivity index is 1.58. The quantitative estimate of drug-likeness (QED) is 0.222. The number of carbonyl (C=O) groups excluding carboxylic acids is 2. The molecule has 1 heterocycles. The van der Waals surface area contributed by atoms with Crippen molar-refractivity contribution in [3.05, 3.63) is 99.9 Å². The normalized spacial score (nSPS) is 11.2. The molecule has 3 aromatic carbocycles. The van der Waals surface area contributed by atoms with Crippen molar-refractivity contribution in [3.8, 4) is 16.9 Å². The first-order valence-electron chi connectivity index (χ1n) is 11.9. The summed E-state index contributed by atoms with van der Waals surface area (Å²) >= 11 is 7.42. The van der Waals surface area contributed by atoms with Crippen LogP contribution < -0.4 is 10.1 Å². The number of hydrogen-bond donors (Lipinski definition) is 1. The van der Waals surface area contributed by atoms with Crippen LogP contribution in [-0.4, -0.2) is 33.0 Å². The number of hydrogen-bond acceptors (Lipinski definition) is 6. The summed E-state index contributed by atoms with van der Waals surface area (Å²) in [5.74, 6) is 0.257. The maximum absolute atomic E-state index is 13.4. The number of ketones is 1. The predicted octanol–water partition coefficient (Wildman–Crippen LogP) is 6.48. The maximum atomic E-state index is 13.4. The highest BCUT2D eigenvalue weighted by Gasteiger charge is 2.21. The number of sulfone groups is 1. The molecular weight excluding hydrogens is 542 g/mol. The molecule has 6 nitrogen and oxygen atoms in total. The molecule has 1 aromatic heterocycles. The first kappa shape index (κ1) is 27.6. The predicted molar refractivity (Wildman–Crippen MR) is 152 cm³/mol. The van der Waals surface area contributed by atoms with Gasteiger partial charge >= 0.3 is 0 Å². The molecule has 1 amide bonds. The van der Waals surface area contributed by atoms with Crippen molar-refractivity contribution >= 4 is 49.5 Å². The lowest BCUT2D eigenvalue weighted by atomic mass is 10.0. The summed E-state index contributed by atoms with van der Waals surface area (Å²) in [5, 5.41) is 3.95. The second kappa shape index (κ2) is 11.9. The van der Waals surface area contributed by atoms with Crippen LogP contribution in [0.3, 0.4) is 0 Å². The number of para-hydroxylation sites is 1. The first-order valence-corrected chi connectivity index (χ1v) is 14.7. The SMILES string of the molecule is CCS(=O)(=O)c1ccc(CC(=O)Nc2cc(-c3cccc(Cl)c3)c(C(=O)Cc3ccccc3OC)s2)cc1. The second-order valence-electron chi connectivity index (χ2n) is 8.55. The summed E-state index contributed by atoms with van der Waals surface area (Å²) < 4.78 is 29.5. The lowest BCUT2D eigenvalue weighted by Gasteiger charge is -2.08. The van der Waals surface area contributed by atoms with E-state index in [-0.39, 0.29) is 35.2 Å². The van der Waals surface area contributed by atoms with Crippen molar-refractivity contribution in [1.82, 2.24) is 0 Å². The van der Waals surface area contributed by atoms with Crippen LogP contribution in [-0.2, 0) is 27.5 Å². The number of nitrogens with one attached hydrogen (secondary N) is 1. The Morgan fingerprint density at radius 2 is 1.68 bits per heavy atom. The van der Waals surface area contributed by atoms with E-state index in [0.717, 1.165) is 11.1 Å². The minimum absolute atomic E-state index is 0.0122. The number of carbonyl (C=O) groups is 2. The van der Waals surface area contributed by atoms with Gasteiger partial charge in [0.1, 0.15) is 5.75 Å². The molecule has 0 radical (unpaired) electrons. The van der Waals surface area contributed by atoms with Crippen LogP contribution in [0.1, 0.15) is 27.7 Å². The topological polar surface area (TPSA) is 89.5 Å². The number of anilines is 1. The Kier molecular flexibility index (Phi) is 8.66. The van der Waals surface area contributed by atoms with Crippen molar-refractivity contribution in [2.45, 2.75) is 24.7 Å². The van der Waals surface area contributed by atoms with Crippen molar-refractivity contribution in [2.75, 3.05) is 18.2 Å². The zero-order chi connectivity index (χ0) is 27.3. The molecule has 1 N–H and O–H groups in total. The summed E-state index contributed by atoms with van der Waals surface area (Å²) in [7, 11) is -1.74.